The van der Waals surface area contributed by atoms with Crippen molar-refractivity contribution < 1.29 is 9.90 Å². The van der Waals surface area contributed by atoms with Gasteiger partial charge in [-0.1, -0.05) is 0 Å². The molecule has 0 unspecified atom stereocenters. The van der Waals surface area contributed by atoms with Gasteiger partial charge in [0, 0.05) is 45.0 Å². The molecule has 6 heteroatoms. The smallest absolute Gasteiger partial charge is 0.335 e. The molecule has 2 aromatic heterocycles. The number of imidazole rings is 1. The summed E-state index contributed by atoms with van der Waals surface area (Å²) in [5.74, 6) is 0.215. The Balaban J connectivity index is 1.68. The molecule has 1 aliphatic rings. The molecular weight excluding hydrogens is 268 g/mol. The first kappa shape index (κ1) is 13.8. The second-order valence-corrected chi connectivity index (χ2v) is 5.36. The first-order valence-corrected chi connectivity index (χ1v) is 7.05. The predicted octanol–water partition coefficient (Wildman–Crippen LogP) is 1.34. The van der Waals surface area contributed by atoms with Crippen molar-refractivity contribution in [2.45, 2.75) is 26.4 Å². The summed E-state index contributed by atoms with van der Waals surface area (Å²) in [5, 5.41) is 9.02. The van der Waals surface area contributed by atoms with Crippen LogP contribution in [0.15, 0.2) is 24.5 Å². The van der Waals surface area contributed by atoms with Gasteiger partial charge in [0.2, 0.25) is 0 Å². The Morgan fingerprint density at radius 1 is 1.38 bits per heavy atom. The van der Waals surface area contributed by atoms with Gasteiger partial charge in [0.1, 0.15) is 5.82 Å². The van der Waals surface area contributed by atoms with Crippen molar-refractivity contribution in [2.75, 3.05) is 13.1 Å². The molecular formula is C15H18N4O2. The van der Waals surface area contributed by atoms with E-state index in [0.717, 1.165) is 43.3 Å². The quantitative estimate of drug-likeness (QED) is 0.922. The summed E-state index contributed by atoms with van der Waals surface area (Å²) >= 11 is 0. The number of aromatic nitrogens is 3. The lowest BCUT2D eigenvalue weighted by Crippen LogP contribution is -2.27. The van der Waals surface area contributed by atoms with Crippen LogP contribution in [0.1, 0.15) is 27.6 Å². The topological polar surface area (TPSA) is 71.2 Å². The fourth-order valence-corrected chi connectivity index (χ4v) is 2.69. The third kappa shape index (κ3) is 3.11. The van der Waals surface area contributed by atoms with Gasteiger partial charge in [0.15, 0.2) is 0 Å². The number of carbonyl (C=O) groups is 1. The van der Waals surface area contributed by atoms with Gasteiger partial charge in [0.25, 0.3) is 0 Å². The lowest BCUT2D eigenvalue weighted by Gasteiger charge is -2.19. The van der Waals surface area contributed by atoms with Crippen LogP contribution >= 0.6 is 0 Å². The van der Waals surface area contributed by atoms with Gasteiger partial charge in [0.05, 0.1) is 17.0 Å². The van der Waals surface area contributed by atoms with Crippen LogP contribution in [0.3, 0.4) is 0 Å². The SMILES string of the molecule is Cc1cn2c(n1)CCN(Cc1cc(C(=O)O)ccn1)CC2. The predicted molar refractivity (Wildman–Crippen MR) is 77.1 cm³/mol. The molecule has 110 valence electrons. The van der Waals surface area contributed by atoms with E-state index in [4.69, 9.17) is 5.11 Å². The van der Waals surface area contributed by atoms with Crippen LogP contribution in [0.25, 0.3) is 0 Å². The molecule has 3 heterocycles. The van der Waals surface area contributed by atoms with Crippen LogP contribution in [0.4, 0.5) is 0 Å². The number of nitrogens with zero attached hydrogens (tertiary/aromatic N) is 4. The minimum Gasteiger partial charge on any atom is -0.478 e. The maximum absolute atomic E-state index is 11.0. The second-order valence-electron chi connectivity index (χ2n) is 5.36. The number of carboxylic acid groups (broad SMARTS) is 1. The highest BCUT2D eigenvalue weighted by Gasteiger charge is 2.16. The molecule has 2 aromatic rings. The Bertz CT molecular complexity index is 640. The van der Waals surface area contributed by atoms with Gasteiger partial charge in [-0.05, 0) is 19.1 Å². The van der Waals surface area contributed by atoms with Crippen LogP contribution < -0.4 is 0 Å². The summed E-state index contributed by atoms with van der Waals surface area (Å²) in [6.45, 7) is 5.43. The summed E-state index contributed by atoms with van der Waals surface area (Å²) in [4.78, 5) is 22.1. The van der Waals surface area contributed by atoms with E-state index >= 15 is 0 Å². The number of aryl methyl sites for hydroxylation is 1. The van der Waals surface area contributed by atoms with E-state index in [1.54, 1.807) is 12.3 Å². The number of pyridine rings is 1. The van der Waals surface area contributed by atoms with E-state index < -0.39 is 5.97 Å². The first-order chi connectivity index (χ1) is 10.1. The summed E-state index contributed by atoms with van der Waals surface area (Å²) in [5.41, 5.74) is 2.15. The number of hydrogen-bond acceptors (Lipinski definition) is 4. The standard InChI is InChI=1S/C15H18N4O2/c1-11-9-19-7-6-18(5-3-14(19)17-11)10-13-8-12(15(20)21)2-4-16-13/h2,4,8-9H,3,5-7,10H2,1H3,(H,20,21). The Morgan fingerprint density at radius 2 is 2.24 bits per heavy atom. The second kappa shape index (κ2) is 5.65. The lowest BCUT2D eigenvalue weighted by molar-refractivity contribution is 0.0696. The average molecular weight is 286 g/mol. The van der Waals surface area contributed by atoms with Gasteiger partial charge in [-0.15, -0.1) is 0 Å². The average Bonchev–Trinajstić information content (AvgIpc) is 2.72. The normalized spacial score (nSPS) is 15.5. The number of hydrogen-bond donors (Lipinski definition) is 1. The molecule has 0 aliphatic carbocycles. The van der Waals surface area contributed by atoms with E-state index in [1.165, 1.54) is 6.07 Å². The molecule has 0 spiro atoms. The first-order valence-electron chi connectivity index (χ1n) is 7.05. The van der Waals surface area contributed by atoms with Crippen LogP contribution in [-0.2, 0) is 19.5 Å². The zero-order valence-electron chi connectivity index (χ0n) is 12.0. The number of rotatable bonds is 3. The summed E-state index contributed by atoms with van der Waals surface area (Å²) < 4.78 is 2.20. The minimum absolute atomic E-state index is 0.290. The van der Waals surface area contributed by atoms with E-state index in [1.807, 2.05) is 6.92 Å². The van der Waals surface area contributed by atoms with Gasteiger partial charge >= 0.3 is 5.97 Å². The van der Waals surface area contributed by atoms with Crippen molar-refractivity contribution in [3.63, 3.8) is 0 Å². The number of carboxylic acids is 1. The van der Waals surface area contributed by atoms with Crippen LogP contribution in [0, 0.1) is 6.92 Å². The van der Waals surface area contributed by atoms with Gasteiger partial charge < -0.3 is 9.67 Å². The minimum atomic E-state index is -0.912. The molecule has 0 amide bonds. The monoisotopic (exact) mass is 286 g/mol. The number of fused-ring (bicyclic) bond motifs is 1. The van der Waals surface area contributed by atoms with Gasteiger partial charge in [-0.3, -0.25) is 9.88 Å². The molecule has 3 rings (SSSR count). The third-order valence-electron chi connectivity index (χ3n) is 3.74. The highest BCUT2D eigenvalue weighted by molar-refractivity contribution is 5.87. The largest absolute Gasteiger partial charge is 0.478 e. The molecule has 1 aliphatic heterocycles. The lowest BCUT2D eigenvalue weighted by atomic mass is 10.2. The van der Waals surface area contributed by atoms with Gasteiger partial charge in [-0.2, -0.15) is 0 Å². The van der Waals surface area contributed by atoms with Crippen molar-refractivity contribution in [2.24, 2.45) is 0 Å². The third-order valence-corrected chi connectivity index (χ3v) is 3.74. The molecule has 0 aromatic carbocycles. The molecule has 0 atom stereocenters. The van der Waals surface area contributed by atoms with Crippen molar-refractivity contribution in [3.8, 4) is 0 Å². The summed E-state index contributed by atoms with van der Waals surface area (Å²) in [7, 11) is 0. The van der Waals surface area contributed by atoms with E-state index in [0.29, 0.717) is 12.1 Å². The molecule has 0 fully saturated rings. The highest BCUT2D eigenvalue weighted by atomic mass is 16.4. The maximum atomic E-state index is 11.0. The fourth-order valence-electron chi connectivity index (χ4n) is 2.69. The van der Waals surface area contributed by atoms with Crippen molar-refractivity contribution in [3.05, 3.63) is 47.3 Å². The van der Waals surface area contributed by atoms with E-state index in [-0.39, 0.29) is 0 Å². The number of aromatic carboxylic acids is 1. The molecule has 6 nitrogen and oxygen atoms in total. The van der Waals surface area contributed by atoms with Crippen molar-refractivity contribution in [1.82, 2.24) is 19.4 Å². The Morgan fingerprint density at radius 3 is 3.05 bits per heavy atom. The van der Waals surface area contributed by atoms with Crippen molar-refractivity contribution >= 4 is 5.97 Å². The Labute approximate surface area is 123 Å². The molecule has 0 bridgehead atoms. The van der Waals surface area contributed by atoms with Gasteiger partial charge in [-0.25, -0.2) is 9.78 Å². The molecule has 0 saturated heterocycles. The summed E-state index contributed by atoms with van der Waals surface area (Å²) in [6, 6.07) is 3.17. The fraction of sp³-hybridized carbons (Fsp3) is 0.400. The van der Waals surface area contributed by atoms with E-state index in [9.17, 15) is 4.79 Å². The zero-order valence-corrected chi connectivity index (χ0v) is 12.0. The van der Waals surface area contributed by atoms with Crippen molar-refractivity contribution in [1.29, 1.82) is 0 Å². The molecule has 0 saturated carbocycles. The van der Waals surface area contributed by atoms with E-state index in [2.05, 4.69) is 25.6 Å². The Hall–Kier alpha value is -2.21. The molecule has 21 heavy (non-hydrogen) atoms. The molecule has 0 radical (unpaired) electrons. The molecule has 1 N–H and O–H groups in total. The maximum Gasteiger partial charge on any atom is 0.335 e. The van der Waals surface area contributed by atoms with Crippen LogP contribution in [-0.4, -0.2) is 43.6 Å². The Kier molecular flexibility index (Phi) is 3.70. The zero-order chi connectivity index (χ0) is 14.8. The van der Waals surface area contributed by atoms with Crippen LogP contribution in [0.2, 0.25) is 0 Å². The van der Waals surface area contributed by atoms with Crippen LogP contribution in [0.5, 0.6) is 0 Å². The summed E-state index contributed by atoms with van der Waals surface area (Å²) in [6.07, 6.45) is 4.56. The highest BCUT2D eigenvalue weighted by Crippen LogP contribution is 2.12.